The Kier molecular flexibility index (Phi) is 2.05. The molecule has 1 spiro atoms. The lowest BCUT2D eigenvalue weighted by Gasteiger charge is -2.32. The monoisotopic (exact) mass is 235 g/mol. The van der Waals surface area contributed by atoms with E-state index in [0.717, 1.165) is 0 Å². The third-order valence-corrected chi connectivity index (χ3v) is 4.62. The van der Waals surface area contributed by atoms with Gasteiger partial charge in [-0.15, -0.1) is 0 Å². The summed E-state index contributed by atoms with van der Waals surface area (Å²) in [6, 6.07) is 18.1. The average Bonchev–Trinajstić information content (AvgIpc) is 2.91. The fraction of sp³-hybridized carbons (Fsp3) is 0.294. The van der Waals surface area contributed by atoms with E-state index >= 15 is 0 Å². The van der Waals surface area contributed by atoms with Gasteiger partial charge in [-0.05, 0) is 48.2 Å². The summed E-state index contributed by atoms with van der Waals surface area (Å²) in [6.07, 6.45) is 5.28. The molecule has 1 fully saturated rings. The summed E-state index contributed by atoms with van der Waals surface area (Å²) in [5.74, 6) is 0. The predicted octanol–water partition coefficient (Wildman–Crippen LogP) is 4.60. The van der Waals surface area contributed by atoms with Crippen LogP contribution in [0.2, 0.25) is 0 Å². The normalized spacial score (nSPS) is 19.1. The average molecular weight is 235 g/mol. The van der Waals surface area contributed by atoms with Crippen LogP contribution in [0.1, 0.15) is 36.8 Å². The zero-order valence-electron chi connectivity index (χ0n) is 10.4. The molecule has 1 saturated carbocycles. The first-order valence-corrected chi connectivity index (χ1v) is 6.85. The number of hydrogen-bond donors (Lipinski definition) is 1. The summed E-state index contributed by atoms with van der Waals surface area (Å²) < 4.78 is 0. The van der Waals surface area contributed by atoms with E-state index in [4.69, 9.17) is 0 Å². The van der Waals surface area contributed by atoms with Crippen LogP contribution in [-0.4, -0.2) is 0 Å². The first kappa shape index (κ1) is 10.2. The third-order valence-electron chi connectivity index (χ3n) is 4.62. The standard InChI is InChI=1S/C17H17N/c1-2-12-17(11-1)13-3-7-15(8-4-13)18-16-9-5-14(17)6-10-16/h3-10,18H,1-2,11-12H2. The highest BCUT2D eigenvalue weighted by Crippen LogP contribution is 2.47. The van der Waals surface area contributed by atoms with E-state index in [2.05, 4.69) is 53.8 Å². The van der Waals surface area contributed by atoms with E-state index in [1.807, 2.05) is 0 Å². The summed E-state index contributed by atoms with van der Waals surface area (Å²) in [7, 11) is 0. The molecule has 1 aliphatic carbocycles. The Morgan fingerprint density at radius 3 is 1.56 bits per heavy atom. The van der Waals surface area contributed by atoms with Crippen molar-refractivity contribution < 1.29 is 0 Å². The van der Waals surface area contributed by atoms with Crippen LogP contribution in [0.25, 0.3) is 0 Å². The number of hydrogen-bond acceptors (Lipinski definition) is 1. The van der Waals surface area contributed by atoms with Crippen molar-refractivity contribution in [1.82, 2.24) is 0 Å². The first-order chi connectivity index (χ1) is 8.87. The van der Waals surface area contributed by atoms with Crippen molar-refractivity contribution in [1.29, 1.82) is 0 Å². The van der Waals surface area contributed by atoms with E-state index in [-0.39, 0.29) is 5.41 Å². The molecule has 18 heavy (non-hydrogen) atoms. The zero-order chi connectivity index (χ0) is 12.0. The van der Waals surface area contributed by atoms with Gasteiger partial charge in [0.1, 0.15) is 0 Å². The van der Waals surface area contributed by atoms with Crippen LogP contribution >= 0.6 is 0 Å². The van der Waals surface area contributed by atoms with Gasteiger partial charge in [0, 0.05) is 16.8 Å². The van der Waals surface area contributed by atoms with Crippen LogP contribution in [0.3, 0.4) is 0 Å². The van der Waals surface area contributed by atoms with Crippen molar-refractivity contribution in [3.05, 3.63) is 59.7 Å². The maximum atomic E-state index is 3.44. The van der Waals surface area contributed by atoms with Gasteiger partial charge in [-0.3, -0.25) is 0 Å². The van der Waals surface area contributed by atoms with Gasteiger partial charge in [0.2, 0.25) is 0 Å². The molecule has 4 bridgehead atoms. The van der Waals surface area contributed by atoms with Gasteiger partial charge in [0.25, 0.3) is 0 Å². The third kappa shape index (κ3) is 1.34. The summed E-state index contributed by atoms with van der Waals surface area (Å²) in [6.45, 7) is 0. The van der Waals surface area contributed by atoms with Gasteiger partial charge in [0.15, 0.2) is 0 Å². The molecule has 1 N–H and O–H groups in total. The van der Waals surface area contributed by atoms with Crippen LogP contribution in [0, 0.1) is 0 Å². The molecule has 0 atom stereocenters. The van der Waals surface area contributed by atoms with E-state index in [9.17, 15) is 0 Å². The summed E-state index contributed by atoms with van der Waals surface area (Å²) in [5, 5.41) is 3.44. The summed E-state index contributed by atoms with van der Waals surface area (Å²) >= 11 is 0. The van der Waals surface area contributed by atoms with Crippen LogP contribution in [0.4, 0.5) is 11.4 Å². The van der Waals surface area contributed by atoms with Crippen LogP contribution < -0.4 is 5.32 Å². The summed E-state index contributed by atoms with van der Waals surface area (Å²) in [4.78, 5) is 0. The van der Waals surface area contributed by atoms with Gasteiger partial charge in [0.05, 0.1) is 0 Å². The maximum Gasteiger partial charge on any atom is 0.0384 e. The molecule has 4 heterocycles. The molecule has 0 saturated heterocycles. The van der Waals surface area contributed by atoms with Crippen molar-refractivity contribution in [3.8, 4) is 0 Å². The Hall–Kier alpha value is -1.76. The molecule has 0 amide bonds. The van der Waals surface area contributed by atoms with Gasteiger partial charge < -0.3 is 5.32 Å². The highest BCUT2D eigenvalue weighted by Gasteiger charge is 2.37. The first-order valence-electron chi connectivity index (χ1n) is 6.85. The molecule has 0 unspecified atom stereocenters. The predicted molar refractivity (Wildman–Crippen MR) is 75.4 cm³/mol. The molecule has 90 valence electrons. The second kappa shape index (κ2) is 3.61. The van der Waals surface area contributed by atoms with Gasteiger partial charge in [-0.2, -0.15) is 0 Å². The molecule has 0 aromatic heterocycles. The topological polar surface area (TPSA) is 12.0 Å². The maximum absolute atomic E-state index is 3.44. The fourth-order valence-corrected chi connectivity index (χ4v) is 3.63. The second-order valence-electron chi connectivity index (χ2n) is 5.57. The van der Waals surface area contributed by atoms with Gasteiger partial charge >= 0.3 is 0 Å². The van der Waals surface area contributed by atoms with E-state index < -0.39 is 0 Å². The molecule has 1 heteroatoms. The molecular formula is C17H17N. The highest BCUT2D eigenvalue weighted by molar-refractivity contribution is 5.63. The second-order valence-corrected chi connectivity index (χ2v) is 5.57. The van der Waals surface area contributed by atoms with Crippen molar-refractivity contribution in [3.63, 3.8) is 0 Å². The number of nitrogens with one attached hydrogen (secondary N) is 1. The summed E-state index contributed by atoms with van der Waals surface area (Å²) in [5.41, 5.74) is 5.61. The molecule has 0 radical (unpaired) electrons. The molecule has 2 aromatic carbocycles. The largest absolute Gasteiger partial charge is 0.356 e. The van der Waals surface area contributed by atoms with Gasteiger partial charge in [-0.25, -0.2) is 0 Å². The smallest absolute Gasteiger partial charge is 0.0384 e. The van der Waals surface area contributed by atoms with Crippen LogP contribution in [-0.2, 0) is 5.41 Å². The Balaban J connectivity index is 2.00. The van der Waals surface area contributed by atoms with E-state index in [1.54, 1.807) is 0 Å². The van der Waals surface area contributed by atoms with Gasteiger partial charge in [-0.1, -0.05) is 37.1 Å². The van der Waals surface area contributed by atoms with E-state index in [1.165, 1.54) is 48.2 Å². The quantitative estimate of drug-likeness (QED) is 0.703. The fourth-order valence-electron chi connectivity index (χ4n) is 3.63. The Morgan fingerprint density at radius 2 is 1.11 bits per heavy atom. The number of anilines is 2. The van der Waals surface area contributed by atoms with Crippen LogP contribution in [0.15, 0.2) is 48.5 Å². The van der Waals surface area contributed by atoms with Crippen molar-refractivity contribution in [2.45, 2.75) is 31.1 Å². The highest BCUT2D eigenvalue weighted by atomic mass is 14.9. The lowest BCUT2D eigenvalue weighted by atomic mass is 9.73. The Labute approximate surface area is 108 Å². The van der Waals surface area contributed by atoms with Crippen molar-refractivity contribution >= 4 is 11.4 Å². The lowest BCUT2D eigenvalue weighted by molar-refractivity contribution is 0.535. The molecular weight excluding hydrogens is 218 g/mol. The number of benzene rings is 2. The minimum atomic E-state index is 0.272. The lowest BCUT2D eigenvalue weighted by Crippen LogP contribution is -2.24. The Bertz CT molecular complexity index is 512. The van der Waals surface area contributed by atoms with Crippen molar-refractivity contribution in [2.75, 3.05) is 5.32 Å². The van der Waals surface area contributed by atoms with E-state index in [0.29, 0.717) is 0 Å². The van der Waals surface area contributed by atoms with Crippen molar-refractivity contribution in [2.24, 2.45) is 0 Å². The number of rotatable bonds is 0. The van der Waals surface area contributed by atoms with Crippen LogP contribution in [0.5, 0.6) is 0 Å². The molecule has 2 aromatic rings. The minimum Gasteiger partial charge on any atom is -0.356 e. The molecule has 4 aliphatic heterocycles. The minimum absolute atomic E-state index is 0.272. The molecule has 7 rings (SSSR count). The molecule has 5 aliphatic rings. The SMILES string of the molecule is c1cc2ccc1Nc1ccc(cc1)C21CCCC1. The Morgan fingerprint density at radius 1 is 0.667 bits per heavy atom. The molecule has 1 nitrogen and oxygen atoms in total. The zero-order valence-corrected chi connectivity index (χ0v) is 10.4.